The van der Waals surface area contributed by atoms with Crippen molar-refractivity contribution in [3.8, 4) is 0 Å². The van der Waals surface area contributed by atoms with Gasteiger partial charge in [-0.2, -0.15) is 0 Å². The Bertz CT molecular complexity index is 840. The van der Waals surface area contributed by atoms with Crippen molar-refractivity contribution in [2.24, 2.45) is 5.92 Å². The van der Waals surface area contributed by atoms with E-state index in [1.165, 1.54) is 27.0 Å². The van der Waals surface area contributed by atoms with Crippen molar-refractivity contribution in [1.29, 1.82) is 0 Å². The molecule has 1 saturated heterocycles. The van der Waals surface area contributed by atoms with Crippen LogP contribution in [0, 0.1) is 12.8 Å². The molecule has 25 heavy (non-hydrogen) atoms. The number of nitrogens with zero attached hydrogens (tertiary/aromatic N) is 1. The summed E-state index contributed by atoms with van der Waals surface area (Å²) in [6.45, 7) is 6.99. The van der Waals surface area contributed by atoms with Gasteiger partial charge in [0.05, 0.1) is 6.61 Å². The van der Waals surface area contributed by atoms with E-state index >= 15 is 0 Å². The number of phosphoric ester groups is 1. The SMILES string of the molecule is Cc1cn(C2(C)OC(C)(COP(=O)(O)O)C(C)(O)C2C)c(=O)[nH]c1=O. The van der Waals surface area contributed by atoms with Gasteiger partial charge in [0.1, 0.15) is 11.2 Å². The molecule has 2 rings (SSSR count). The minimum absolute atomic E-state index is 0.274. The van der Waals surface area contributed by atoms with E-state index in [9.17, 15) is 19.3 Å². The fraction of sp³-hybridized carbons (Fsp3) is 0.714. The van der Waals surface area contributed by atoms with Crippen LogP contribution >= 0.6 is 7.82 Å². The number of nitrogens with one attached hydrogen (secondary N) is 1. The second kappa shape index (κ2) is 5.87. The van der Waals surface area contributed by atoms with Crippen molar-refractivity contribution in [2.75, 3.05) is 6.61 Å². The Balaban J connectivity index is 2.54. The Morgan fingerprint density at radius 3 is 2.44 bits per heavy atom. The molecule has 10 nitrogen and oxygen atoms in total. The number of hydrogen-bond donors (Lipinski definition) is 4. The highest BCUT2D eigenvalue weighted by Crippen LogP contribution is 2.53. The molecule has 0 spiro atoms. The minimum atomic E-state index is -4.78. The summed E-state index contributed by atoms with van der Waals surface area (Å²) in [6.07, 6.45) is 1.32. The molecule has 4 atom stereocenters. The van der Waals surface area contributed by atoms with Gasteiger partial charge in [-0.05, 0) is 27.7 Å². The summed E-state index contributed by atoms with van der Waals surface area (Å²) in [4.78, 5) is 43.9. The van der Waals surface area contributed by atoms with Crippen molar-refractivity contribution in [1.82, 2.24) is 9.55 Å². The van der Waals surface area contributed by atoms with E-state index in [0.717, 1.165) is 4.57 Å². The van der Waals surface area contributed by atoms with Crippen LogP contribution in [0.1, 0.15) is 33.3 Å². The summed E-state index contributed by atoms with van der Waals surface area (Å²) in [6, 6.07) is 0. The third kappa shape index (κ3) is 3.25. The predicted octanol–water partition coefficient (Wildman–Crippen LogP) is -0.197. The van der Waals surface area contributed by atoms with E-state index in [2.05, 4.69) is 9.51 Å². The molecule has 0 aliphatic carbocycles. The van der Waals surface area contributed by atoms with Gasteiger partial charge in [0.15, 0.2) is 5.72 Å². The average Bonchev–Trinajstić information content (AvgIpc) is 2.59. The number of hydrogen-bond acceptors (Lipinski definition) is 6. The van der Waals surface area contributed by atoms with Crippen molar-refractivity contribution in [2.45, 2.75) is 51.5 Å². The summed E-state index contributed by atoms with van der Waals surface area (Å²) >= 11 is 0. The van der Waals surface area contributed by atoms with Crippen LogP contribution in [-0.2, 0) is 19.6 Å². The number of aliphatic hydroxyl groups is 1. The molecule has 1 aromatic heterocycles. The van der Waals surface area contributed by atoms with E-state index in [0.29, 0.717) is 0 Å². The first-order valence-corrected chi connectivity index (χ1v) is 9.13. The highest BCUT2D eigenvalue weighted by molar-refractivity contribution is 7.46. The van der Waals surface area contributed by atoms with Gasteiger partial charge in [0, 0.05) is 17.7 Å². The van der Waals surface area contributed by atoms with Crippen LogP contribution in [0.3, 0.4) is 0 Å². The Hall–Kier alpha value is -1.29. The summed E-state index contributed by atoms with van der Waals surface area (Å²) < 4.78 is 22.7. The summed E-state index contributed by atoms with van der Waals surface area (Å²) in [5, 5.41) is 10.9. The van der Waals surface area contributed by atoms with Crippen LogP contribution < -0.4 is 11.2 Å². The lowest BCUT2D eigenvalue weighted by molar-refractivity contribution is -0.178. The standard InChI is InChI=1S/C14H23N2O8P/c1-8-6-16(11(18)15-10(8)17)14(5)9(2)13(4,19)12(3,24-14)7-23-25(20,21)22/h6,9,19H,7H2,1-5H3,(H,15,17,18)(H2,20,21,22). The molecule has 0 aromatic carbocycles. The van der Waals surface area contributed by atoms with Crippen LogP contribution in [0.25, 0.3) is 0 Å². The maximum Gasteiger partial charge on any atom is 0.469 e. The van der Waals surface area contributed by atoms with Gasteiger partial charge in [0.25, 0.3) is 5.56 Å². The Morgan fingerprint density at radius 1 is 1.36 bits per heavy atom. The first-order chi connectivity index (χ1) is 11.1. The van der Waals surface area contributed by atoms with Gasteiger partial charge in [0.2, 0.25) is 0 Å². The van der Waals surface area contributed by atoms with Crippen molar-refractivity contribution < 1.29 is 28.7 Å². The fourth-order valence-electron chi connectivity index (χ4n) is 3.16. The summed E-state index contributed by atoms with van der Waals surface area (Å²) in [5.41, 5.74) is -5.48. The molecule has 4 unspecified atom stereocenters. The van der Waals surface area contributed by atoms with Gasteiger partial charge in [-0.3, -0.25) is 18.9 Å². The largest absolute Gasteiger partial charge is 0.469 e. The zero-order chi connectivity index (χ0) is 19.4. The normalized spacial score (nSPS) is 35.9. The Kier molecular flexibility index (Phi) is 4.70. The summed E-state index contributed by atoms with van der Waals surface area (Å²) in [7, 11) is -4.78. The molecule has 0 amide bonds. The van der Waals surface area contributed by atoms with Crippen molar-refractivity contribution >= 4 is 7.82 Å². The molecule has 142 valence electrons. The van der Waals surface area contributed by atoms with E-state index in [1.807, 2.05) is 0 Å². The lowest BCUT2D eigenvalue weighted by atomic mass is 9.77. The Morgan fingerprint density at radius 2 is 1.92 bits per heavy atom. The molecule has 1 aromatic rings. The first kappa shape index (κ1) is 20.0. The van der Waals surface area contributed by atoms with Crippen LogP contribution in [0.15, 0.2) is 15.8 Å². The number of aryl methyl sites for hydroxylation is 1. The monoisotopic (exact) mass is 378 g/mol. The lowest BCUT2D eigenvalue weighted by Crippen LogP contribution is -2.52. The minimum Gasteiger partial charge on any atom is -0.387 e. The molecule has 11 heteroatoms. The highest BCUT2D eigenvalue weighted by Gasteiger charge is 2.64. The zero-order valence-electron chi connectivity index (χ0n) is 14.6. The van der Waals surface area contributed by atoms with Crippen molar-refractivity contribution in [3.05, 3.63) is 32.6 Å². The van der Waals surface area contributed by atoms with E-state index in [-0.39, 0.29) is 5.56 Å². The third-order valence-corrected chi connectivity index (χ3v) is 5.72. The molecule has 0 saturated carbocycles. The number of phosphoric acid groups is 1. The number of H-pyrrole nitrogens is 1. The second-order valence-corrected chi connectivity index (χ2v) is 8.20. The lowest BCUT2D eigenvalue weighted by Gasteiger charge is -2.36. The van der Waals surface area contributed by atoms with Gasteiger partial charge in [-0.1, -0.05) is 6.92 Å². The molecule has 0 radical (unpaired) electrons. The molecular formula is C14H23N2O8P. The van der Waals surface area contributed by atoms with Gasteiger partial charge in [-0.25, -0.2) is 9.36 Å². The van der Waals surface area contributed by atoms with Crippen LogP contribution in [0.4, 0.5) is 0 Å². The topological polar surface area (TPSA) is 151 Å². The second-order valence-electron chi connectivity index (χ2n) is 6.96. The Labute approximate surface area is 143 Å². The zero-order valence-corrected chi connectivity index (χ0v) is 15.5. The maximum atomic E-state index is 12.3. The van der Waals surface area contributed by atoms with Gasteiger partial charge in [-0.15, -0.1) is 0 Å². The fourth-order valence-corrected chi connectivity index (χ4v) is 3.58. The van der Waals surface area contributed by atoms with Crippen LogP contribution in [0.5, 0.6) is 0 Å². The molecule has 4 N–H and O–H groups in total. The van der Waals surface area contributed by atoms with E-state index < -0.39 is 48.5 Å². The smallest absolute Gasteiger partial charge is 0.387 e. The molecule has 0 bridgehead atoms. The van der Waals surface area contributed by atoms with Gasteiger partial charge >= 0.3 is 13.5 Å². The number of aromatic nitrogens is 2. The molecule has 1 aliphatic heterocycles. The quantitative estimate of drug-likeness (QED) is 0.526. The van der Waals surface area contributed by atoms with Crippen LogP contribution in [0.2, 0.25) is 0 Å². The molecular weight excluding hydrogens is 355 g/mol. The molecule has 2 heterocycles. The maximum absolute atomic E-state index is 12.3. The third-order valence-electron chi connectivity index (χ3n) is 5.26. The number of ether oxygens (including phenoxy) is 1. The van der Waals surface area contributed by atoms with Crippen molar-refractivity contribution in [3.63, 3.8) is 0 Å². The van der Waals surface area contributed by atoms with E-state index in [1.54, 1.807) is 13.8 Å². The van der Waals surface area contributed by atoms with E-state index in [4.69, 9.17) is 14.5 Å². The highest BCUT2D eigenvalue weighted by atomic mass is 31.2. The predicted molar refractivity (Wildman–Crippen MR) is 87.0 cm³/mol. The van der Waals surface area contributed by atoms with Gasteiger partial charge < -0.3 is 19.6 Å². The molecule has 1 fully saturated rings. The average molecular weight is 378 g/mol. The first-order valence-electron chi connectivity index (χ1n) is 7.60. The molecule has 1 aliphatic rings. The van der Waals surface area contributed by atoms with Crippen LogP contribution in [-0.4, -0.2) is 42.3 Å². The summed E-state index contributed by atoms with van der Waals surface area (Å²) in [5.74, 6) is -0.687. The number of rotatable bonds is 4. The number of aromatic amines is 1.